The van der Waals surface area contributed by atoms with Crippen LogP contribution in [0.2, 0.25) is 0 Å². The van der Waals surface area contributed by atoms with E-state index in [1.807, 2.05) is 13.2 Å². The van der Waals surface area contributed by atoms with Crippen LogP contribution in [0.5, 0.6) is 0 Å². The quantitative estimate of drug-likeness (QED) is 0.470. The summed E-state index contributed by atoms with van der Waals surface area (Å²) in [5.41, 5.74) is 1.75. The SMILES string of the molecule is [B]c1cc2c(C)nc(SC)nc2n(C2CCC2)c1=O. The summed E-state index contributed by atoms with van der Waals surface area (Å²) in [6, 6.07) is 1.94. The van der Waals surface area contributed by atoms with E-state index in [1.165, 1.54) is 11.8 Å². The normalized spacial score (nSPS) is 15.7. The standard InChI is InChI=1S/C13H14BN3OS/c1-7-9-6-10(14)12(18)17(8-4-3-5-8)11(9)16-13(15-7)19-2/h6,8H,3-5H2,1-2H3. The molecule has 0 atom stereocenters. The summed E-state index contributed by atoms with van der Waals surface area (Å²) in [5, 5.41) is 1.57. The fourth-order valence-corrected chi connectivity index (χ4v) is 2.83. The topological polar surface area (TPSA) is 47.8 Å². The van der Waals surface area contributed by atoms with Crippen molar-refractivity contribution in [1.82, 2.24) is 14.5 Å². The lowest BCUT2D eigenvalue weighted by atomic mass is 9.90. The highest BCUT2D eigenvalue weighted by Crippen LogP contribution is 2.32. The number of hydrogen-bond acceptors (Lipinski definition) is 4. The summed E-state index contributed by atoms with van der Waals surface area (Å²) in [4.78, 5) is 21.2. The van der Waals surface area contributed by atoms with Gasteiger partial charge in [0, 0.05) is 11.4 Å². The van der Waals surface area contributed by atoms with Gasteiger partial charge in [-0.3, -0.25) is 9.36 Å². The lowest BCUT2D eigenvalue weighted by Crippen LogP contribution is -2.39. The first-order valence-electron chi connectivity index (χ1n) is 6.35. The van der Waals surface area contributed by atoms with Crippen molar-refractivity contribution < 1.29 is 0 Å². The Balaban J connectivity index is 2.39. The van der Waals surface area contributed by atoms with Crippen molar-refractivity contribution in [2.45, 2.75) is 37.4 Å². The molecule has 0 saturated heterocycles. The van der Waals surface area contributed by atoms with Crippen LogP contribution in [-0.4, -0.2) is 28.6 Å². The van der Waals surface area contributed by atoms with Gasteiger partial charge < -0.3 is 0 Å². The maximum absolute atomic E-state index is 12.3. The zero-order valence-corrected chi connectivity index (χ0v) is 11.8. The van der Waals surface area contributed by atoms with Crippen molar-refractivity contribution in [3.05, 3.63) is 22.1 Å². The van der Waals surface area contributed by atoms with Crippen LogP contribution >= 0.6 is 11.8 Å². The maximum Gasteiger partial charge on any atom is 0.245 e. The molecule has 2 aromatic rings. The summed E-state index contributed by atoms with van der Waals surface area (Å²) < 4.78 is 1.77. The molecule has 0 aromatic carbocycles. The van der Waals surface area contributed by atoms with Crippen LogP contribution in [0.3, 0.4) is 0 Å². The molecule has 0 amide bonds. The second-order valence-electron chi connectivity index (χ2n) is 4.89. The van der Waals surface area contributed by atoms with E-state index in [1.54, 1.807) is 10.6 Å². The fourth-order valence-electron chi connectivity index (χ4n) is 2.42. The van der Waals surface area contributed by atoms with Gasteiger partial charge >= 0.3 is 0 Å². The second-order valence-corrected chi connectivity index (χ2v) is 5.67. The molecule has 96 valence electrons. The molecular formula is C13H14BN3OS. The van der Waals surface area contributed by atoms with E-state index >= 15 is 0 Å². The summed E-state index contributed by atoms with van der Waals surface area (Å²) in [7, 11) is 5.85. The molecular weight excluding hydrogens is 257 g/mol. The van der Waals surface area contributed by atoms with Crippen molar-refractivity contribution in [2.24, 2.45) is 0 Å². The van der Waals surface area contributed by atoms with E-state index in [0.29, 0.717) is 5.16 Å². The number of aryl methyl sites for hydroxylation is 1. The average Bonchev–Trinajstić information content (AvgIpc) is 2.33. The molecule has 19 heavy (non-hydrogen) atoms. The smallest absolute Gasteiger partial charge is 0.245 e. The molecule has 3 rings (SSSR count). The predicted molar refractivity (Wildman–Crippen MR) is 78.6 cm³/mol. The number of nitrogens with zero attached hydrogens (tertiary/aromatic N) is 3. The van der Waals surface area contributed by atoms with Crippen LogP contribution in [0, 0.1) is 6.92 Å². The van der Waals surface area contributed by atoms with Gasteiger partial charge in [-0.25, -0.2) is 9.97 Å². The van der Waals surface area contributed by atoms with E-state index in [4.69, 9.17) is 7.85 Å². The highest BCUT2D eigenvalue weighted by Gasteiger charge is 2.24. The predicted octanol–water partition coefficient (Wildman–Crippen LogP) is 1.34. The molecule has 1 aliphatic carbocycles. The summed E-state index contributed by atoms with van der Waals surface area (Å²) in [6.07, 6.45) is 5.14. The van der Waals surface area contributed by atoms with Gasteiger partial charge in [-0.2, -0.15) is 0 Å². The third-order valence-electron chi connectivity index (χ3n) is 3.71. The van der Waals surface area contributed by atoms with E-state index in [-0.39, 0.29) is 17.1 Å². The van der Waals surface area contributed by atoms with Crippen LogP contribution < -0.4 is 11.0 Å². The van der Waals surface area contributed by atoms with Crippen molar-refractivity contribution in [3.8, 4) is 0 Å². The molecule has 0 unspecified atom stereocenters. The minimum atomic E-state index is -0.123. The Morgan fingerprint density at radius 1 is 1.42 bits per heavy atom. The minimum absolute atomic E-state index is 0.123. The molecule has 6 heteroatoms. The Bertz CT molecular complexity index is 709. The first kappa shape index (κ1) is 12.7. The molecule has 0 bridgehead atoms. The van der Waals surface area contributed by atoms with Crippen molar-refractivity contribution in [1.29, 1.82) is 0 Å². The third kappa shape index (κ3) is 1.98. The van der Waals surface area contributed by atoms with E-state index in [0.717, 1.165) is 36.0 Å². The first-order valence-corrected chi connectivity index (χ1v) is 7.57. The van der Waals surface area contributed by atoms with Gasteiger partial charge in [0.1, 0.15) is 13.5 Å². The number of rotatable bonds is 2. The maximum atomic E-state index is 12.3. The van der Waals surface area contributed by atoms with Crippen LogP contribution in [0.1, 0.15) is 31.0 Å². The molecule has 1 saturated carbocycles. The summed E-state index contributed by atoms with van der Waals surface area (Å²) in [5.74, 6) is 0. The number of pyridine rings is 1. The molecule has 0 N–H and O–H groups in total. The highest BCUT2D eigenvalue weighted by molar-refractivity contribution is 7.98. The van der Waals surface area contributed by atoms with Gasteiger partial charge in [-0.15, -0.1) is 0 Å². The van der Waals surface area contributed by atoms with Gasteiger partial charge in [-0.05, 0) is 37.9 Å². The van der Waals surface area contributed by atoms with Crippen LogP contribution in [0.25, 0.3) is 11.0 Å². The van der Waals surface area contributed by atoms with E-state index in [9.17, 15) is 4.79 Å². The van der Waals surface area contributed by atoms with Gasteiger partial charge in [0.2, 0.25) is 5.56 Å². The monoisotopic (exact) mass is 271 g/mol. The van der Waals surface area contributed by atoms with Gasteiger partial charge in [-0.1, -0.05) is 17.8 Å². The number of thioether (sulfide) groups is 1. The van der Waals surface area contributed by atoms with Crippen LogP contribution in [0.4, 0.5) is 0 Å². The average molecular weight is 271 g/mol. The molecule has 1 aliphatic rings. The zero-order chi connectivity index (χ0) is 13.6. The van der Waals surface area contributed by atoms with Crippen molar-refractivity contribution >= 4 is 36.1 Å². The van der Waals surface area contributed by atoms with E-state index < -0.39 is 0 Å². The van der Waals surface area contributed by atoms with E-state index in [2.05, 4.69) is 9.97 Å². The highest BCUT2D eigenvalue weighted by atomic mass is 32.2. The summed E-state index contributed by atoms with van der Waals surface area (Å²) >= 11 is 1.49. The second kappa shape index (κ2) is 4.67. The fraction of sp³-hybridized carbons (Fsp3) is 0.462. The molecule has 2 aromatic heterocycles. The first-order chi connectivity index (χ1) is 9.11. The molecule has 4 nitrogen and oxygen atoms in total. The molecule has 2 radical (unpaired) electrons. The molecule has 2 heterocycles. The summed E-state index contributed by atoms with van der Waals surface area (Å²) in [6.45, 7) is 1.93. The molecule has 0 spiro atoms. The van der Waals surface area contributed by atoms with Crippen LogP contribution in [0.15, 0.2) is 16.0 Å². The van der Waals surface area contributed by atoms with Crippen molar-refractivity contribution in [3.63, 3.8) is 0 Å². The van der Waals surface area contributed by atoms with Crippen LogP contribution in [-0.2, 0) is 0 Å². The molecule has 1 fully saturated rings. The Kier molecular flexibility index (Phi) is 3.13. The number of fused-ring (bicyclic) bond motifs is 1. The Labute approximate surface area is 117 Å². The Morgan fingerprint density at radius 2 is 2.16 bits per heavy atom. The largest absolute Gasteiger partial charge is 0.290 e. The zero-order valence-electron chi connectivity index (χ0n) is 11.0. The number of aromatic nitrogens is 3. The number of hydrogen-bond donors (Lipinski definition) is 0. The minimum Gasteiger partial charge on any atom is -0.290 e. The van der Waals surface area contributed by atoms with Gasteiger partial charge in [0.15, 0.2) is 5.16 Å². The lowest BCUT2D eigenvalue weighted by molar-refractivity contribution is 0.313. The third-order valence-corrected chi connectivity index (χ3v) is 4.26. The van der Waals surface area contributed by atoms with Gasteiger partial charge in [0.25, 0.3) is 0 Å². The Hall–Kier alpha value is -1.30. The van der Waals surface area contributed by atoms with Crippen molar-refractivity contribution in [2.75, 3.05) is 6.26 Å². The molecule has 0 aliphatic heterocycles. The lowest BCUT2D eigenvalue weighted by Gasteiger charge is -2.29. The Morgan fingerprint density at radius 3 is 2.74 bits per heavy atom. The van der Waals surface area contributed by atoms with Gasteiger partial charge in [0.05, 0.1) is 5.69 Å².